The summed E-state index contributed by atoms with van der Waals surface area (Å²) in [6, 6.07) is 7.67. The van der Waals surface area contributed by atoms with Crippen molar-refractivity contribution < 1.29 is 9.53 Å². The molecule has 0 aromatic heterocycles. The van der Waals surface area contributed by atoms with Gasteiger partial charge in [-0.25, -0.2) is 0 Å². The second-order valence-electron chi connectivity index (χ2n) is 5.18. The number of morpholine rings is 1. The van der Waals surface area contributed by atoms with Gasteiger partial charge < -0.3 is 9.64 Å². The molecule has 0 aliphatic carbocycles. The molecule has 1 amide bonds. The molecule has 1 aromatic rings. The molecule has 2 rings (SSSR count). The number of nitrogens with zero attached hydrogens (tertiary/aromatic N) is 1. The van der Waals surface area contributed by atoms with E-state index in [1.165, 1.54) is 0 Å². The van der Waals surface area contributed by atoms with E-state index >= 15 is 0 Å². The number of halogens is 1. The zero-order valence-electron chi connectivity index (χ0n) is 11.4. The topological polar surface area (TPSA) is 29.5 Å². The highest BCUT2D eigenvalue weighted by Crippen LogP contribution is 2.14. The minimum absolute atomic E-state index is 0.128. The fourth-order valence-electron chi connectivity index (χ4n) is 2.44. The third-order valence-electron chi connectivity index (χ3n) is 3.31. The van der Waals surface area contributed by atoms with E-state index in [1.54, 1.807) is 0 Å². The molecule has 1 aliphatic rings. The Balaban J connectivity index is 1.85. The first kappa shape index (κ1) is 14.4. The minimum atomic E-state index is 0.128. The van der Waals surface area contributed by atoms with Crippen LogP contribution in [0.25, 0.3) is 0 Å². The smallest absolute Gasteiger partial charge is 0.223 e. The van der Waals surface area contributed by atoms with Crippen LogP contribution < -0.4 is 0 Å². The number of amides is 1. The Morgan fingerprint density at radius 1 is 1.26 bits per heavy atom. The summed E-state index contributed by atoms with van der Waals surface area (Å²) in [6.07, 6.45) is 1.56. The van der Waals surface area contributed by atoms with Crippen LogP contribution in [0.1, 0.15) is 25.8 Å². The summed E-state index contributed by atoms with van der Waals surface area (Å²) < 4.78 is 5.63. The van der Waals surface area contributed by atoms with Gasteiger partial charge in [0.15, 0.2) is 0 Å². The summed E-state index contributed by atoms with van der Waals surface area (Å²) in [5.74, 6) is 0.206. The summed E-state index contributed by atoms with van der Waals surface area (Å²) in [7, 11) is 0. The van der Waals surface area contributed by atoms with Crippen LogP contribution in [-0.2, 0) is 16.0 Å². The SMILES string of the molecule is CC1CN(C(=O)CCc2ccc(Cl)cc2)CC(C)O1. The van der Waals surface area contributed by atoms with E-state index in [-0.39, 0.29) is 18.1 Å². The van der Waals surface area contributed by atoms with Gasteiger partial charge in [-0.2, -0.15) is 0 Å². The lowest BCUT2D eigenvalue weighted by molar-refractivity contribution is -0.143. The maximum absolute atomic E-state index is 12.2. The highest BCUT2D eigenvalue weighted by Gasteiger charge is 2.25. The number of hydrogen-bond donors (Lipinski definition) is 0. The van der Waals surface area contributed by atoms with Gasteiger partial charge in [0.05, 0.1) is 12.2 Å². The van der Waals surface area contributed by atoms with Gasteiger partial charge in [0.25, 0.3) is 0 Å². The zero-order chi connectivity index (χ0) is 13.8. The van der Waals surface area contributed by atoms with E-state index in [4.69, 9.17) is 16.3 Å². The van der Waals surface area contributed by atoms with Crippen molar-refractivity contribution >= 4 is 17.5 Å². The predicted molar refractivity (Wildman–Crippen MR) is 76.4 cm³/mol. The quantitative estimate of drug-likeness (QED) is 0.853. The number of aryl methyl sites for hydroxylation is 1. The Kier molecular flexibility index (Phi) is 4.83. The summed E-state index contributed by atoms with van der Waals surface area (Å²) in [6.45, 7) is 5.41. The van der Waals surface area contributed by atoms with Crippen LogP contribution in [0.5, 0.6) is 0 Å². The first-order valence-corrected chi connectivity index (χ1v) is 7.10. The van der Waals surface area contributed by atoms with Crippen LogP contribution >= 0.6 is 11.6 Å². The molecular formula is C15H20ClNO2. The molecule has 1 heterocycles. The molecule has 3 nitrogen and oxygen atoms in total. The number of hydrogen-bond acceptors (Lipinski definition) is 2. The lowest BCUT2D eigenvalue weighted by atomic mass is 10.1. The van der Waals surface area contributed by atoms with Crippen LogP contribution in [0.3, 0.4) is 0 Å². The molecule has 0 bridgehead atoms. The molecule has 4 heteroatoms. The minimum Gasteiger partial charge on any atom is -0.372 e. The first-order valence-electron chi connectivity index (χ1n) is 6.72. The van der Waals surface area contributed by atoms with Crippen LogP contribution in [0.4, 0.5) is 0 Å². The van der Waals surface area contributed by atoms with E-state index in [0.29, 0.717) is 19.5 Å². The number of rotatable bonds is 3. The van der Waals surface area contributed by atoms with Crippen LogP contribution in [0.15, 0.2) is 24.3 Å². The lowest BCUT2D eigenvalue weighted by Gasteiger charge is -2.35. The maximum atomic E-state index is 12.2. The molecule has 0 N–H and O–H groups in total. The van der Waals surface area contributed by atoms with Crippen LogP contribution in [0, 0.1) is 0 Å². The van der Waals surface area contributed by atoms with Gasteiger partial charge in [-0.15, -0.1) is 0 Å². The van der Waals surface area contributed by atoms with Gasteiger partial charge in [0.2, 0.25) is 5.91 Å². The second kappa shape index (κ2) is 6.40. The lowest BCUT2D eigenvalue weighted by Crippen LogP contribution is -2.48. The van der Waals surface area contributed by atoms with Crippen LogP contribution in [0.2, 0.25) is 5.02 Å². The molecule has 1 aromatic carbocycles. The van der Waals surface area contributed by atoms with Gasteiger partial charge in [-0.05, 0) is 38.0 Å². The van der Waals surface area contributed by atoms with E-state index < -0.39 is 0 Å². The van der Waals surface area contributed by atoms with Crippen molar-refractivity contribution in [1.82, 2.24) is 4.90 Å². The van der Waals surface area contributed by atoms with Gasteiger partial charge >= 0.3 is 0 Å². The Labute approximate surface area is 119 Å². The Morgan fingerprint density at radius 3 is 2.42 bits per heavy atom. The molecule has 104 valence electrons. The summed E-state index contributed by atoms with van der Waals surface area (Å²) in [5.41, 5.74) is 1.15. The summed E-state index contributed by atoms with van der Waals surface area (Å²) in [4.78, 5) is 14.1. The molecule has 19 heavy (non-hydrogen) atoms. The standard InChI is InChI=1S/C15H20ClNO2/c1-11-9-17(10-12(2)19-11)15(18)8-5-13-3-6-14(16)7-4-13/h3-4,6-7,11-12H,5,8-10H2,1-2H3. The van der Waals surface area contributed by atoms with Crippen molar-refractivity contribution in [3.63, 3.8) is 0 Å². The van der Waals surface area contributed by atoms with Crippen molar-refractivity contribution in [3.05, 3.63) is 34.9 Å². The normalized spacial score (nSPS) is 23.4. The van der Waals surface area contributed by atoms with Gasteiger partial charge in [-0.3, -0.25) is 4.79 Å². The first-order chi connectivity index (χ1) is 9.04. The fraction of sp³-hybridized carbons (Fsp3) is 0.533. The Morgan fingerprint density at radius 2 is 1.84 bits per heavy atom. The number of ether oxygens (including phenoxy) is 1. The van der Waals surface area contributed by atoms with E-state index in [2.05, 4.69) is 0 Å². The monoisotopic (exact) mass is 281 g/mol. The largest absolute Gasteiger partial charge is 0.372 e. The van der Waals surface area contributed by atoms with Gasteiger partial charge in [-0.1, -0.05) is 23.7 Å². The average Bonchev–Trinajstić information content (AvgIpc) is 2.36. The molecule has 1 saturated heterocycles. The molecule has 2 unspecified atom stereocenters. The third-order valence-corrected chi connectivity index (χ3v) is 3.57. The molecule has 0 saturated carbocycles. The highest BCUT2D eigenvalue weighted by molar-refractivity contribution is 6.30. The number of carbonyl (C=O) groups excluding carboxylic acids is 1. The number of benzene rings is 1. The molecule has 1 fully saturated rings. The third kappa shape index (κ3) is 4.22. The van der Waals surface area contributed by atoms with Crippen molar-refractivity contribution in [3.8, 4) is 0 Å². The van der Waals surface area contributed by atoms with Crippen molar-refractivity contribution in [1.29, 1.82) is 0 Å². The van der Waals surface area contributed by atoms with Gasteiger partial charge in [0.1, 0.15) is 0 Å². The molecule has 1 aliphatic heterocycles. The molecule has 0 radical (unpaired) electrons. The van der Waals surface area contributed by atoms with E-state index in [0.717, 1.165) is 17.0 Å². The maximum Gasteiger partial charge on any atom is 0.223 e. The highest BCUT2D eigenvalue weighted by atomic mass is 35.5. The Hall–Kier alpha value is -1.06. The Bertz CT molecular complexity index is 422. The summed E-state index contributed by atoms with van der Waals surface area (Å²) in [5, 5.41) is 0.728. The van der Waals surface area contributed by atoms with E-state index in [9.17, 15) is 4.79 Å². The number of carbonyl (C=O) groups is 1. The van der Waals surface area contributed by atoms with Crippen molar-refractivity contribution in [2.24, 2.45) is 0 Å². The van der Waals surface area contributed by atoms with Gasteiger partial charge in [0, 0.05) is 24.5 Å². The average molecular weight is 282 g/mol. The van der Waals surface area contributed by atoms with Crippen molar-refractivity contribution in [2.45, 2.75) is 38.9 Å². The summed E-state index contributed by atoms with van der Waals surface area (Å²) >= 11 is 5.84. The predicted octanol–water partition coefficient (Wildman–Crippen LogP) is 2.91. The fourth-order valence-corrected chi connectivity index (χ4v) is 2.57. The van der Waals surface area contributed by atoms with E-state index in [1.807, 2.05) is 43.0 Å². The zero-order valence-corrected chi connectivity index (χ0v) is 12.2. The van der Waals surface area contributed by atoms with Crippen molar-refractivity contribution in [2.75, 3.05) is 13.1 Å². The molecule has 2 atom stereocenters. The molecular weight excluding hydrogens is 262 g/mol. The van der Waals surface area contributed by atoms with Crippen LogP contribution in [-0.4, -0.2) is 36.1 Å². The second-order valence-corrected chi connectivity index (χ2v) is 5.62. The molecule has 0 spiro atoms.